The van der Waals surface area contributed by atoms with Crippen molar-refractivity contribution >= 4 is 17.3 Å². The van der Waals surface area contributed by atoms with Gasteiger partial charge in [0.05, 0.1) is 42.3 Å². The fourth-order valence-corrected chi connectivity index (χ4v) is 3.52. The summed E-state index contributed by atoms with van der Waals surface area (Å²) in [5.41, 5.74) is 3.77. The summed E-state index contributed by atoms with van der Waals surface area (Å²) in [6, 6.07) is 7.11. The number of carbonyl (C=O) groups excluding carboxylic acids is 1. The van der Waals surface area contributed by atoms with Gasteiger partial charge in [0.25, 0.3) is 5.56 Å². The molecule has 0 unspecified atom stereocenters. The van der Waals surface area contributed by atoms with Crippen LogP contribution < -0.4 is 15.2 Å². The number of nitrogens with zero attached hydrogens (tertiary/aromatic N) is 2. The van der Waals surface area contributed by atoms with Gasteiger partial charge < -0.3 is 24.1 Å². The Hall–Kier alpha value is -3.57. The number of anilines is 2. The Bertz CT molecular complexity index is 1110. The van der Waals surface area contributed by atoms with Crippen molar-refractivity contribution in [1.82, 2.24) is 4.98 Å². The summed E-state index contributed by atoms with van der Waals surface area (Å²) in [5.74, 6) is -0.0539. The summed E-state index contributed by atoms with van der Waals surface area (Å²) in [4.78, 5) is 29.9. The minimum atomic E-state index is -0.506. The highest BCUT2D eigenvalue weighted by atomic mass is 16.6. The number of methoxy groups -OCH3 is 2. The molecule has 2 aromatic rings. The minimum absolute atomic E-state index is 0.114. The highest BCUT2D eigenvalue weighted by Gasteiger charge is 2.32. The second kappa shape index (κ2) is 8.84. The molecule has 0 saturated heterocycles. The number of rotatable bonds is 6. The number of benzene rings is 1. The van der Waals surface area contributed by atoms with Gasteiger partial charge in [-0.05, 0) is 31.5 Å². The molecule has 8 nitrogen and oxygen atoms in total. The maximum Gasteiger partial charge on any atom is 0.336 e. The number of ether oxygens (including phenoxy) is 3. The molecule has 0 amide bonds. The average molecular weight is 409 g/mol. The van der Waals surface area contributed by atoms with Crippen molar-refractivity contribution in [3.05, 3.63) is 62.7 Å². The third-order valence-corrected chi connectivity index (χ3v) is 5.02. The fourth-order valence-electron chi connectivity index (χ4n) is 3.52. The minimum Gasteiger partial charge on any atom is -0.495 e. The number of aromatic nitrogens is 1. The first-order valence-corrected chi connectivity index (χ1v) is 9.38. The number of aromatic amines is 1. The van der Waals surface area contributed by atoms with E-state index in [0.29, 0.717) is 39.5 Å². The van der Waals surface area contributed by atoms with Gasteiger partial charge in [-0.2, -0.15) is 5.26 Å². The molecular formula is C22H23N3O5. The molecule has 1 aromatic carbocycles. The molecule has 1 aliphatic heterocycles. The van der Waals surface area contributed by atoms with E-state index in [0.717, 1.165) is 5.56 Å². The smallest absolute Gasteiger partial charge is 0.336 e. The number of pyridine rings is 1. The molecule has 0 aliphatic carbocycles. The van der Waals surface area contributed by atoms with Gasteiger partial charge in [0.1, 0.15) is 12.4 Å². The van der Waals surface area contributed by atoms with Gasteiger partial charge in [0.2, 0.25) is 0 Å². The molecule has 1 N–H and O–H groups in total. The van der Waals surface area contributed by atoms with Gasteiger partial charge in [0, 0.05) is 37.1 Å². The standard InChI is InChI=1S/C22H23N3O5/c1-13-12-24-21(26)17-10-16(22(27)30-8-7-28-3)14(2)25(20(13)17)18-6-5-15(11-23)9-19(18)29-4/h5-6,9,12H,7-8,10H2,1-4H3,(H,24,26). The zero-order chi connectivity index (χ0) is 21.8. The molecule has 0 spiro atoms. The Morgan fingerprint density at radius 3 is 2.70 bits per heavy atom. The molecule has 0 saturated carbocycles. The predicted molar refractivity (Wildman–Crippen MR) is 111 cm³/mol. The van der Waals surface area contributed by atoms with E-state index < -0.39 is 5.97 Å². The van der Waals surface area contributed by atoms with Crippen LogP contribution in [0.3, 0.4) is 0 Å². The zero-order valence-electron chi connectivity index (χ0n) is 17.4. The van der Waals surface area contributed by atoms with Gasteiger partial charge in [0.15, 0.2) is 0 Å². The lowest BCUT2D eigenvalue weighted by Crippen LogP contribution is -2.32. The van der Waals surface area contributed by atoms with Gasteiger partial charge in [-0.25, -0.2) is 4.79 Å². The quantitative estimate of drug-likeness (QED) is 0.578. The Morgan fingerprint density at radius 2 is 2.03 bits per heavy atom. The Kier molecular flexibility index (Phi) is 6.23. The molecule has 0 atom stereocenters. The lowest BCUT2D eigenvalue weighted by atomic mass is 9.94. The van der Waals surface area contributed by atoms with Crippen molar-refractivity contribution < 1.29 is 19.0 Å². The summed E-state index contributed by atoms with van der Waals surface area (Å²) in [5, 5.41) is 9.22. The number of H-pyrrole nitrogens is 1. The first-order valence-electron chi connectivity index (χ1n) is 9.38. The Labute approximate surface area is 174 Å². The van der Waals surface area contributed by atoms with Crippen LogP contribution in [0.15, 0.2) is 40.5 Å². The third kappa shape index (κ3) is 3.80. The molecular weight excluding hydrogens is 386 g/mol. The molecule has 1 aromatic heterocycles. The van der Waals surface area contributed by atoms with Crippen molar-refractivity contribution in [2.45, 2.75) is 20.3 Å². The number of aryl methyl sites for hydroxylation is 1. The van der Waals surface area contributed by atoms with E-state index in [2.05, 4.69) is 11.1 Å². The van der Waals surface area contributed by atoms with Crippen LogP contribution in [0.25, 0.3) is 0 Å². The van der Waals surface area contributed by atoms with Crippen molar-refractivity contribution in [2.75, 3.05) is 32.3 Å². The first kappa shape index (κ1) is 21.1. The van der Waals surface area contributed by atoms with E-state index in [1.165, 1.54) is 14.2 Å². The fraction of sp³-hybridized carbons (Fsp3) is 0.318. The van der Waals surface area contributed by atoms with Crippen LogP contribution in [0.2, 0.25) is 0 Å². The van der Waals surface area contributed by atoms with Gasteiger partial charge in [-0.1, -0.05) is 0 Å². The number of carbonyl (C=O) groups is 1. The van der Waals surface area contributed by atoms with Crippen LogP contribution in [0.5, 0.6) is 5.75 Å². The van der Waals surface area contributed by atoms with Crippen LogP contribution >= 0.6 is 0 Å². The number of esters is 1. The number of nitrogens with one attached hydrogen (secondary N) is 1. The first-order chi connectivity index (χ1) is 14.4. The number of allylic oxidation sites excluding steroid dienone is 1. The highest BCUT2D eigenvalue weighted by molar-refractivity contribution is 5.94. The predicted octanol–water partition coefficient (Wildman–Crippen LogP) is 2.72. The number of fused-ring (bicyclic) bond motifs is 1. The van der Waals surface area contributed by atoms with E-state index in [-0.39, 0.29) is 25.2 Å². The van der Waals surface area contributed by atoms with E-state index in [9.17, 15) is 14.9 Å². The van der Waals surface area contributed by atoms with Crippen LogP contribution in [-0.2, 0) is 20.7 Å². The van der Waals surface area contributed by atoms with Gasteiger partial charge >= 0.3 is 5.97 Å². The van der Waals surface area contributed by atoms with Crippen molar-refractivity contribution in [3.8, 4) is 11.8 Å². The molecule has 1 aliphatic rings. The summed E-state index contributed by atoms with van der Waals surface area (Å²) in [6.07, 6.45) is 1.79. The normalized spacial score (nSPS) is 13.0. The second-order valence-corrected chi connectivity index (χ2v) is 6.83. The summed E-state index contributed by atoms with van der Waals surface area (Å²) in [7, 11) is 3.03. The van der Waals surface area contributed by atoms with E-state index >= 15 is 0 Å². The lowest BCUT2D eigenvalue weighted by Gasteiger charge is -2.35. The highest BCUT2D eigenvalue weighted by Crippen LogP contribution is 2.43. The Balaban J connectivity index is 2.21. The number of hydrogen-bond acceptors (Lipinski definition) is 7. The lowest BCUT2D eigenvalue weighted by molar-refractivity contribution is -0.140. The maximum atomic E-state index is 12.8. The van der Waals surface area contributed by atoms with Crippen molar-refractivity contribution in [1.29, 1.82) is 5.26 Å². The largest absolute Gasteiger partial charge is 0.495 e. The van der Waals surface area contributed by atoms with Gasteiger partial charge in [-0.3, -0.25) is 4.79 Å². The van der Waals surface area contributed by atoms with Crippen molar-refractivity contribution in [3.63, 3.8) is 0 Å². The molecule has 156 valence electrons. The van der Waals surface area contributed by atoms with Crippen molar-refractivity contribution in [2.24, 2.45) is 0 Å². The number of nitriles is 1. The third-order valence-electron chi connectivity index (χ3n) is 5.02. The van der Waals surface area contributed by atoms with E-state index in [4.69, 9.17) is 14.2 Å². The summed E-state index contributed by atoms with van der Waals surface area (Å²) < 4.78 is 15.8. The Morgan fingerprint density at radius 1 is 1.27 bits per heavy atom. The van der Waals surface area contributed by atoms with E-state index in [1.54, 1.807) is 31.3 Å². The van der Waals surface area contributed by atoms with Crippen LogP contribution in [0.1, 0.15) is 23.6 Å². The van der Waals surface area contributed by atoms with Crippen LogP contribution in [0, 0.1) is 18.3 Å². The molecule has 0 radical (unpaired) electrons. The molecule has 0 fully saturated rings. The average Bonchev–Trinajstić information content (AvgIpc) is 2.75. The number of hydrogen-bond donors (Lipinski definition) is 1. The molecule has 30 heavy (non-hydrogen) atoms. The SMILES string of the molecule is COCCOC(=O)C1=C(C)N(c2ccc(C#N)cc2OC)c2c(C)c[nH]c(=O)c2C1. The van der Waals surface area contributed by atoms with Crippen LogP contribution in [0.4, 0.5) is 11.4 Å². The molecule has 3 rings (SSSR count). The van der Waals surface area contributed by atoms with E-state index in [1.807, 2.05) is 11.8 Å². The summed E-state index contributed by atoms with van der Waals surface area (Å²) in [6.45, 7) is 4.08. The van der Waals surface area contributed by atoms with Crippen LogP contribution in [-0.4, -0.2) is 38.4 Å². The molecule has 0 bridgehead atoms. The molecule has 2 heterocycles. The molecule has 8 heteroatoms. The zero-order valence-corrected chi connectivity index (χ0v) is 17.4. The topological polar surface area (TPSA) is 105 Å². The monoisotopic (exact) mass is 409 g/mol. The maximum absolute atomic E-state index is 12.8. The summed E-state index contributed by atoms with van der Waals surface area (Å²) >= 11 is 0. The van der Waals surface area contributed by atoms with Gasteiger partial charge in [-0.15, -0.1) is 0 Å². The second-order valence-electron chi connectivity index (χ2n) is 6.83.